The molecular formula is C23H32FIN4O. The maximum absolute atomic E-state index is 13.5. The summed E-state index contributed by atoms with van der Waals surface area (Å²) in [5.41, 5.74) is 3.99. The van der Waals surface area contributed by atoms with E-state index in [1.54, 1.807) is 6.07 Å². The Balaban J connectivity index is 0.00000320. The largest absolute Gasteiger partial charge is 0.392 e. The highest BCUT2D eigenvalue weighted by atomic mass is 127. The smallest absolute Gasteiger partial charge is 0.191 e. The van der Waals surface area contributed by atoms with Crippen LogP contribution < -0.4 is 15.5 Å². The number of aliphatic imine (C=N–C) groups is 1. The summed E-state index contributed by atoms with van der Waals surface area (Å²) in [6.45, 7) is 7.14. The molecule has 1 aliphatic rings. The average molecular weight is 526 g/mol. The first kappa shape index (κ1) is 24.4. The van der Waals surface area contributed by atoms with Gasteiger partial charge >= 0.3 is 0 Å². The summed E-state index contributed by atoms with van der Waals surface area (Å²) in [5.74, 6) is 0.589. The van der Waals surface area contributed by atoms with Gasteiger partial charge in [0.1, 0.15) is 5.82 Å². The van der Waals surface area contributed by atoms with Crippen molar-refractivity contribution in [1.82, 2.24) is 10.6 Å². The summed E-state index contributed by atoms with van der Waals surface area (Å²) >= 11 is 0. The quantitative estimate of drug-likeness (QED) is 0.303. The Kier molecular flexibility index (Phi) is 9.84. The molecule has 3 N–H and O–H groups in total. The van der Waals surface area contributed by atoms with Crippen LogP contribution in [-0.2, 0) is 13.2 Å². The maximum atomic E-state index is 13.5. The zero-order valence-electron chi connectivity index (χ0n) is 17.7. The molecule has 0 radical (unpaired) electrons. The first-order valence-corrected chi connectivity index (χ1v) is 10.3. The SMILES string of the molecule is CCNC(=NCc1ccccc1CO)NC1CCCN(c2ccc(F)cc2C)C1.I. The molecule has 0 saturated carbocycles. The molecule has 7 heteroatoms. The summed E-state index contributed by atoms with van der Waals surface area (Å²) in [7, 11) is 0. The minimum Gasteiger partial charge on any atom is -0.392 e. The number of nitrogens with zero attached hydrogens (tertiary/aromatic N) is 2. The predicted octanol–water partition coefficient (Wildman–Crippen LogP) is 3.97. The molecule has 1 fully saturated rings. The van der Waals surface area contributed by atoms with Gasteiger partial charge in [-0.15, -0.1) is 24.0 Å². The van der Waals surface area contributed by atoms with Gasteiger partial charge in [0.05, 0.1) is 13.2 Å². The molecule has 0 aromatic heterocycles. The van der Waals surface area contributed by atoms with Crippen molar-refractivity contribution in [3.05, 3.63) is 65.0 Å². The Morgan fingerprint density at radius 1 is 1.23 bits per heavy atom. The van der Waals surface area contributed by atoms with Crippen LogP contribution in [0.5, 0.6) is 0 Å². The first-order chi connectivity index (χ1) is 14.1. The van der Waals surface area contributed by atoms with Crippen molar-refractivity contribution in [2.24, 2.45) is 4.99 Å². The van der Waals surface area contributed by atoms with E-state index in [9.17, 15) is 9.50 Å². The molecule has 0 aliphatic carbocycles. The molecule has 2 aromatic rings. The number of nitrogens with one attached hydrogen (secondary N) is 2. The number of halogens is 2. The van der Waals surface area contributed by atoms with Crippen LogP contribution in [-0.4, -0.2) is 36.7 Å². The van der Waals surface area contributed by atoms with Crippen molar-refractivity contribution in [1.29, 1.82) is 0 Å². The van der Waals surface area contributed by atoms with Crippen molar-refractivity contribution in [2.45, 2.75) is 45.9 Å². The summed E-state index contributed by atoms with van der Waals surface area (Å²) < 4.78 is 13.5. The highest BCUT2D eigenvalue weighted by molar-refractivity contribution is 14.0. The maximum Gasteiger partial charge on any atom is 0.191 e. The third-order valence-electron chi connectivity index (χ3n) is 5.30. The summed E-state index contributed by atoms with van der Waals surface area (Å²) in [4.78, 5) is 7.05. The molecule has 5 nitrogen and oxygen atoms in total. The summed E-state index contributed by atoms with van der Waals surface area (Å²) in [6.07, 6.45) is 2.13. The molecule has 1 saturated heterocycles. The fourth-order valence-electron chi connectivity index (χ4n) is 3.83. The molecule has 1 heterocycles. The number of piperidine rings is 1. The second kappa shape index (κ2) is 12.1. The molecule has 0 spiro atoms. The number of guanidine groups is 1. The van der Waals surface area contributed by atoms with E-state index in [-0.39, 0.29) is 42.4 Å². The van der Waals surface area contributed by atoms with E-state index in [0.29, 0.717) is 6.54 Å². The summed E-state index contributed by atoms with van der Waals surface area (Å²) in [6, 6.07) is 13.1. The van der Waals surface area contributed by atoms with Crippen molar-refractivity contribution in [2.75, 3.05) is 24.5 Å². The average Bonchev–Trinajstić information content (AvgIpc) is 2.72. The van der Waals surface area contributed by atoms with Gasteiger partial charge in [0.25, 0.3) is 0 Å². The molecule has 30 heavy (non-hydrogen) atoms. The number of hydrogen-bond acceptors (Lipinski definition) is 3. The fraction of sp³-hybridized carbons (Fsp3) is 0.435. The molecule has 1 atom stereocenters. The van der Waals surface area contributed by atoms with Crippen LogP contribution >= 0.6 is 24.0 Å². The highest BCUT2D eigenvalue weighted by Gasteiger charge is 2.22. The number of aliphatic hydroxyl groups is 1. The normalized spacial score (nSPS) is 16.7. The third kappa shape index (κ3) is 6.57. The zero-order chi connectivity index (χ0) is 20.6. The molecule has 0 amide bonds. The van der Waals surface area contributed by atoms with E-state index in [4.69, 9.17) is 4.99 Å². The molecule has 0 bridgehead atoms. The van der Waals surface area contributed by atoms with Gasteiger partial charge in [-0.3, -0.25) is 0 Å². The fourth-order valence-corrected chi connectivity index (χ4v) is 3.83. The van der Waals surface area contributed by atoms with Gasteiger partial charge < -0.3 is 20.6 Å². The monoisotopic (exact) mass is 526 g/mol. The number of aliphatic hydroxyl groups excluding tert-OH is 1. The Labute approximate surface area is 195 Å². The minimum atomic E-state index is -0.192. The lowest BCUT2D eigenvalue weighted by molar-refractivity contribution is 0.280. The van der Waals surface area contributed by atoms with Gasteiger partial charge in [-0.1, -0.05) is 24.3 Å². The van der Waals surface area contributed by atoms with E-state index in [1.165, 1.54) is 6.07 Å². The number of benzene rings is 2. The van der Waals surface area contributed by atoms with Gasteiger partial charge in [0, 0.05) is 31.4 Å². The van der Waals surface area contributed by atoms with E-state index in [1.807, 2.05) is 44.2 Å². The number of anilines is 1. The van der Waals surface area contributed by atoms with Crippen LogP contribution in [0.3, 0.4) is 0 Å². The van der Waals surface area contributed by atoms with Crippen molar-refractivity contribution in [3.63, 3.8) is 0 Å². The molecule has 1 unspecified atom stereocenters. The van der Waals surface area contributed by atoms with Crippen LogP contribution in [0.2, 0.25) is 0 Å². The van der Waals surface area contributed by atoms with Crippen LogP contribution in [0.25, 0.3) is 0 Å². The number of rotatable bonds is 6. The first-order valence-electron chi connectivity index (χ1n) is 10.3. The molecule has 2 aromatic carbocycles. The van der Waals surface area contributed by atoms with Crippen LogP contribution in [0.15, 0.2) is 47.5 Å². The van der Waals surface area contributed by atoms with Gasteiger partial charge in [-0.05, 0) is 61.6 Å². The standard InChI is InChI=1S/C23H31FN4O.HI/c1-3-25-23(26-14-18-7-4-5-8-19(18)16-29)27-21-9-6-12-28(15-21)22-11-10-20(24)13-17(22)2;/h4-5,7-8,10-11,13,21,29H,3,6,9,12,14-16H2,1-2H3,(H2,25,26,27);1H. The van der Waals surface area contributed by atoms with Gasteiger partial charge in [-0.25, -0.2) is 9.38 Å². The third-order valence-corrected chi connectivity index (χ3v) is 5.30. The van der Waals surface area contributed by atoms with Crippen LogP contribution in [0.4, 0.5) is 10.1 Å². The van der Waals surface area contributed by atoms with E-state index in [0.717, 1.165) is 60.8 Å². The highest BCUT2D eigenvalue weighted by Crippen LogP contribution is 2.24. The Morgan fingerprint density at radius 2 is 2.00 bits per heavy atom. The van der Waals surface area contributed by atoms with E-state index < -0.39 is 0 Å². The molecule has 164 valence electrons. The predicted molar refractivity (Wildman–Crippen MR) is 132 cm³/mol. The lowest BCUT2D eigenvalue weighted by Crippen LogP contribution is -2.51. The van der Waals surface area contributed by atoms with E-state index >= 15 is 0 Å². The summed E-state index contributed by atoms with van der Waals surface area (Å²) in [5, 5.41) is 16.4. The van der Waals surface area contributed by atoms with Gasteiger partial charge in [0.2, 0.25) is 0 Å². The minimum absolute atomic E-state index is 0. The van der Waals surface area contributed by atoms with Crippen LogP contribution in [0, 0.1) is 12.7 Å². The Hall–Kier alpha value is -1.87. The lowest BCUT2D eigenvalue weighted by Gasteiger charge is -2.36. The van der Waals surface area contributed by atoms with Gasteiger partial charge in [-0.2, -0.15) is 0 Å². The molecule has 3 rings (SSSR count). The van der Waals surface area contributed by atoms with Crippen molar-refractivity contribution >= 4 is 35.6 Å². The van der Waals surface area contributed by atoms with Gasteiger partial charge in [0.15, 0.2) is 5.96 Å². The second-order valence-electron chi connectivity index (χ2n) is 7.48. The van der Waals surface area contributed by atoms with E-state index in [2.05, 4.69) is 15.5 Å². The van der Waals surface area contributed by atoms with Crippen molar-refractivity contribution < 1.29 is 9.50 Å². The van der Waals surface area contributed by atoms with Crippen molar-refractivity contribution in [3.8, 4) is 0 Å². The lowest BCUT2D eigenvalue weighted by atomic mass is 10.0. The molecular weight excluding hydrogens is 494 g/mol. The second-order valence-corrected chi connectivity index (χ2v) is 7.48. The topological polar surface area (TPSA) is 59.9 Å². The zero-order valence-corrected chi connectivity index (χ0v) is 20.0. The van der Waals surface area contributed by atoms with Crippen LogP contribution in [0.1, 0.15) is 36.5 Å². The molecule has 1 aliphatic heterocycles. The number of hydrogen-bond donors (Lipinski definition) is 3. The number of aryl methyl sites for hydroxylation is 1. The Morgan fingerprint density at radius 3 is 2.70 bits per heavy atom. The Bertz CT molecular complexity index is 846.